The van der Waals surface area contributed by atoms with Gasteiger partial charge in [0.25, 0.3) is 5.91 Å². The zero-order valence-corrected chi connectivity index (χ0v) is 17.2. The quantitative estimate of drug-likeness (QED) is 0.356. The van der Waals surface area contributed by atoms with E-state index in [0.717, 1.165) is 5.56 Å². The number of amides is 1. The van der Waals surface area contributed by atoms with Crippen LogP contribution in [0, 0.1) is 6.92 Å². The van der Waals surface area contributed by atoms with Crippen LogP contribution in [0.5, 0.6) is 11.5 Å². The van der Waals surface area contributed by atoms with E-state index in [1.54, 1.807) is 48.5 Å². The second kappa shape index (κ2) is 9.23. The highest BCUT2D eigenvalue weighted by atomic mass is 32.2. The molecule has 3 aromatic carbocycles. The molecule has 8 heteroatoms. The lowest BCUT2D eigenvalue weighted by Crippen LogP contribution is -2.18. The van der Waals surface area contributed by atoms with Crippen molar-refractivity contribution in [3.63, 3.8) is 0 Å². The Morgan fingerprint density at radius 2 is 1.77 bits per heavy atom. The van der Waals surface area contributed by atoms with Crippen molar-refractivity contribution in [3.8, 4) is 11.5 Å². The largest absolute Gasteiger partial charge is 0.496 e. The molecule has 0 spiro atoms. The van der Waals surface area contributed by atoms with Crippen LogP contribution in [-0.4, -0.2) is 27.6 Å². The Hall–Kier alpha value is -3.65. The van der Waals surface area contributed by atoms with Gasteiger partial charge in [-0.1, -0.05) is 36.4 Å². The minimum Gasteiger partial charge on any atom is -0.496 e. The summed E-state index contributed by atoms with van der Waals surface area (Å²) in [5, 5.41) is 3.93. The van der Waals surface area contributed by atoms with Crippen molar-refractivity contribution in [2.75, 3.05) is 7.11 Å². The van der Waals surface area contributed by atoms with Crippen molar-refractivity contribution >= 4 is 22.2 Å². The molecule has 7 nitrogen and oxygen atoms in total. The van der Waals surface area contributed by atoms with Gasteiger partial charge >= 0.3 is 10.1 Å². The molecule has 0 aliphatic carbocycles. The molecule has 154 valence electrons. The molecule has 0 unspecified atom stereocenters. The van der Waals surface area contributed by atoms with Crippen LogP contribution in [0.3, 0.4) is 0 Å². The first-order chi connectivity index (χ1) is 14.4. The fraction of sp³-hybridized carbons (Fsp3) is 0.0909. The molecule has 0 heterocycles. The van der Waals surface area contributed by atoms with Crippen molar-refractivity contribution in [2.24, 2.45) is 5.10 Å². The number of hydrogen-bond acceptors (Lipinski definition) is 6. The van der Waals surface area contributed by atoms with Crippen LogP contribution < -0.4 is 14.3 Å². The molecule has 0 aliphatic heterocycles. The first kappa shape index (κ1) is 21.1. The average molecular weight is 424 g/mol. The smallest absolute Gasteiger partial charge is 0.339 e. The lowest BCUT2D eigenvalue weighted by molar-refractivity contribution is 0.0952. The highest BCUT2D eigenvalue weighted by molar-refractivity contribution is 7.87. The standard InChI is InChI=1S/C22H20N2O5S/c1-16-11-12-20(21(13-16)28-2)22(25)24-23-15-17-7-6-8-18(14-17)29-30(26,27)19-9-4-3-5-10-19/h3-15H,1-2H3,(H,24,25). The lowest BCUT2D eigenvalue weighted by atomic mass is 10.1. The van der Waals surface area contributed by atoms with Crippen LogP contribution in [0.15, 0.2) is 82.8 Å². The number of hydrazone groups is 1. The Bertz CT molecular complexity index is 1180. The molecule has 3 rings (SSSR count). The van der Waals surface area contributed by atoms with Gasteiger partial charge in [0, 0.05) is 0 Å². The number of carbonyl (C=O) groups is 1. The van der Waals surface area contributed by atoms with E-state index in [1.807, 2.05) is 6.92 Å². The summed E-state index contributed by atoms with van der Waals surface area (Å²) in [4.78, 5) is 12.4. The van der Waals surface area contributed by atoms with Crippen LogP contribution >= 0.6 is 0 Å². The maximum atomic E-state index is 12.3. The van der Waals surface area contributed by atoms with E-state index in [1.165, 1.54) is 37.6 Å². The van der Waals surface area contributed by atoms with Gasteiger partial charge in [0.15, 0.2) is 0 Å². The van der Waals surface area contributed by atoms with Crippen LogP contribution in [0.1, 0.15) is 21.5 Å². The zero-order chi connectivity index (χ0) is 21.6. The van der Waals surface area contributed by atoms with Gasteiger partial charge in [0.05, 0.1) is 18.9 Å². The second-order valence-corrected chi connectivity index (χ2v) is 7.87. The lowest BCUT2D eigenvalue weighted by Gasteiger charge is -2.08. The highest BCUT2D eigenvalue weighted by Crippen LogP contribution is 2.20. The molecular formula is C22H20N2O5S. The number of rotatable bonds is 7. The number of benzene rings is 3. The molecule has 30 heavy (non-hydrogen) atoms. The first-order valence-corrected chi connectivity index (χ1v) is 10.4. The Morgan fingerprint density at radius 3 is 2.50 bits per heavy atom. The predicted molar refractivity (Wildman–Crippen MR) is 113 cm³/mol. The van der Waals surface area contributed by atoms with Gasteiger partial charge in [-0.05, 0) is 54.4 Å². The summed E-state index contributed by atoms with van der Waals surface area (Å²) in [6.07, 6.45) is 1.39. The maximum Gasteiger partial charge on any atom is 0.339 e. The fourth-order valence-corrected chi connectivity index (χ4v) is 3.56. The molecule has 0 aliphatic rings. The third-order valence-corrected chi connectivity index (χ3v) is 5.34. The molecule has 0 saturated heterocycles. The minimum atomic E-state index is -3.94. The van der Waals surface area contributed by atoms with E-state index >= 15 is 0 Å². The molecule has 0 fully saturated rings. The molecule has 0 radical (unpaired) electrons. The monoisotopic (exact) mass is 424 g/mol. The summed E-state index contributed by atoms with van der Waals surface area (Å²) in [5.74, 6) is 0.153. The van der Waals surface area contributed by atoms with E-state index in [9.17, 15) is 13.2 Å². The summed E-state index contributed by atoms with van der Waals surface area (Å²) >= 11 is 0. The van der Waals surface area contributed by atoms with Crippen molar-refractivity contribution in [2.45, 2.75) is 11.8 Å². The van der Waals surface area contributed by atoms with Crippen LogP contribution in [-0.2, 0) is 10.1 Å². The first-order valence-electron chi connectivity index (χ1n) is 8.97. The Kier molecular flexibility index (Phi) is 6.48. The molecule has 0 aromatic heterocycles. The number of carbonyl (C=O) groups excluding carboxylic acids is 1. The molecule has 1 N–H and O–H groups in total. The maximum absolute atomic E-state index is 12.3. The number of hydrogen-bond donors (Lipinski definition) is 1. The summed E-state index contributed by atoms with van der Waals surface area (Å²) in [5.41, 5.74) is 4.29. The molecule has 1 amide bonds. The minimum absolute atomic E-state index is 0.0587. The molecule has 3 aromatic rings. The van der Waals surface area contributed by atoms with E-state index in [2.05, 4.69) is 10.5 Å². The highest BCUT2D eigenvalue weighted by Gasteiger charge is 2.16. The zero-order valence-electron chi connectivity index (χ0n) is 16.4. The number of aryl methyl sites for hydroxylation is 1. The summed E-state index contributed by atoms with van der Waals surface area (Å²) < 4.78 is 35.1. The van der Waals surface area contributed by atoms with Crippen molar-refractivity contribution in [3.05, 3.63) is 89.5 Å². The van der Waals surface area contributed by atoms with Gasteiger partial charge in [-0.2, -0.15) is 13.5 Å². The Balaban J connectivity index is 1.70. The van der Waals surface area contributed by atoms with Gasteiger partial charge < -0.3 is 8.92 Å². The van der Waals surface area contributed by atoms with Gasteiger partial charge in [-0.25, -0.2) is 5.43 Å². The van der Waals surface area contributed by atoms with Gasteiger partial charge in [-0.3, -0.25) is 4.79 Å². The number of nitrogens with zero attached hydrogens (tertiary/aromatic N) is 1. The van der Waals surface area contributed by atoms with E-state index < -0.39 is 16.0 Å². The Morgan fingerprint density at radius 1 is 1.00 bits per heavy atom. The van der Waals surface area contributed by atoms with Crippen LogP contribution in [0.4, 0.5) is 0 Å². The molecular weight excluding hydrogens is 404 g/mol. The topological polar surface area (TPSA) is 94.1 Å². The molecule has 0 bridgehead atoms. The summed E-state index contributed by atoms with van der Waals surface area (Å²) in [7, 11) is -2.45. The normalized spacial score (nSPS) is 11.3. The third-order valence-electron chi connectivity index (χ3n) is 4.08. The third kappa shape index (κ3) is 5.24. The van der Waals surface area contributed by atoms with Crippen LogP contribution in [0.25, 0.3) is 0 Å². The van der Waals surface area contributed by atoms with Crippen molar-refractivity contribution in [1.82, 2.24) is 5.43 Å². The predicted octanol–water partition coefficient (Wildman–Crippen LogP) is 3.54. The average Bonchev–Trinajstić information content (AvgIpc) is 2.74. The van der Waals surface area contributed by atoms with E-state index in [4.69, 9.17) is 8.92 Å². The van der Waals surface area contributed by atoms with E-state index in [0.29, 0.717) is 16.9 Å². The van der Waals surface area contributed by atoms with Gasteiger partial charge in [-0.15, -0.1) is 0 Å². The fourth-order valence-electron chi connectivity index (χ4n) is 2.62. The van der Waals surface area contributed by atoms with Crippen molar-refractivity contribution < 1.29 is 22.1 Å². The van der Waals surface area contributed by atoms with Crippen molar-refractivity contribution in [1.29, 1.82) is 0 Å². The Labute approximate surface area is 175 Å². The van der Waals surface area contributed by atoms with E-state index in [-0.39, 0.29) is 10.6 Å². The number of methoxy groups -OCH3 is 1. The van der Waals surface area contributed by atoms with Gasteiger partial charge in [0.1, 0.15) is 16.4 Å². The second-order valence-electron chi connectivity index (χ2n) is 6.33. The van der Waals surface area contributed by atoms with Crippen LogP contribution in [0.2, 0.25) is 0 Å². The molecule has 0 saturated carbocycles. The number of nitrogens with one attached hydrogen (secondary N) is 1. The number of ether oxygens (including phenoxy) is 1. The summed E-state index contributed by atoms with van der Waals surface area (Å²) in [6, 6.07) is 19.4. The summed E-state index contributed by atoms with van der Waals surface area (Å²) in [6.45, 7) is 1.90. The van der Waals surface area contributed by atoms with Gasteiger partial charge in [0.2, 0.25) is 0 Å². The molecule has 0 atom stereocenters. The SMILES string of the molecule is COc1cc(C)ccc1C(=O)NN=Cc1cccc(OS(=O)(=O)c2ccccc2)c1.